The van der Waals surface area contributed by atoms with Crippen LogP contribution >= 0.6 is 0 Å². The molecule has 3 aromatic carbocycles. The number of nitrogens with one attached hydrogen (secondary N) is 1. The van der Waals surface area contributed by atoms with Gasteiger partial charge in [-0.15, -0.1) is 0 Å². The number of fused-ring (bicyclic) bond motifs is 3. The molecule has 0 bridgehead atoms. The molecule has 0 spiro atoms. The van der Waals surface area contributed by atoms with E-state index in [4.69, 9.17) is 5.10 Å². The van der Waals surface area contributed by atoms with E-state index in [1.54, 1.807) is 17.0 Å². The monoisotopic (exact) mass is 398 g/mol. The first kappa shape index (κ1) is 18.9. The van der Waals surface area contributed by atoms with Crippen LogP contribution in [0.2, 0.25) is 0 Å². The maximum absolute atomic E-state index is 9.55. The fourth-order valence-electron chi connectivity index (χ4n) is 4.92. The molecule has 3 aromatic rings. The number of piperazine rings is 1. The van der Waals surface area contributed by atoms with Gasteiger partial charge in [-0.25, -0.2) is 0 Å². The summed E-state index contributed by atoms with van der Waals surface area (Å²) in [7, 11) is 0. The molecule has 1 aliphatic carbocycles. The Labute approximate surface area is 178 Å². The van der Waals surface area contributed by atoms with Gasteiger partial charge < -0.3 is 10.0 Å². The van der Waals surface area contributed by atoms with Crippen LogP contribution in [0.15, 0.2) is 77.9 Å². The van der Waals surface area contributed by atoms with Crippen molar-refractivity contribution in [2.24, 2.45) is 5.10 Å². The summed E-state index contributed by atoms with van der Waals surface area (Å²) < 4.78 is 0. The van der Waals surface area contributed by atoms with Gasteiger partial charge in [-0.05, 0) is 47.4 Å². The Morgan fingerprint density at radius 2 is 1.47 bits per heavy atom. The molecular weight excluding hydrogens is 370 g/mol. The molecule has 0 amide bonds. The van der Waals surface area contributed by atoms with Gasteiger partial charge in [-0.3, -0.25) is 5.01 Å². The van der Waals surface area contributed by atoms with Gasteiger partial charge in [0.1, 0.15) is 11.8 Å². The Morgan fingerprint density at radius 3 is 2.03 bits per heavy atom. The van der Waals surface area contributed by atoms with E-state index in [1.165, 1.54) is 22.3 Å². The minimum atomic E-state index is 0.295. The fourth-order valence-corrected chi connectivity index (χ4v) is 4.92. The highest BCUT2D eigenvalue weighted by Crippen LogP contribution is 2.41. The van der Waals surface area contributed by atoms with E-state index in [0.717, 1.165) is 43.9 Å². The third kappa shape index (κ3) is 3.37. The van der Waals surface area contributed by atoms with E-state index >= 15 is 0 Å². The van der Waals surface area contributed by atoms with Crippen molar-refractivity contribution in [3.05, 3.63) is 89.5 Å². The molecular formula is C26H28N3O+. The summed E-state index contributed by atoms with van der Waals surface area (Å²) >= 11 is 0. The molecule has 1 fully saturated rings. The molecule has 152 valence electrons. The predicted molar refractivity (Wildman–Crippen MR) is 121 cm³/mol. The SMILES string of the molecule is CC/C(=N\N1CC[NH+](C2c3ccccc3-c3ccccc32)CC1)c1ccc(O)cc1. The van der Waals surface area contributed by atoms with Crippen molar-refractivity contribution in [3.8, 4) is 16.9 Å². The predicted octanol–water partition coefficient (Wildman–Crippen LogP) is 3.48. The number of phenols is 1. The second-order valence-corrected chi connectivity index (χ2v) is 8.17. The molecule has 2 N–H and O–H groups in total. The van der Waals surface area contributed by atoms with E-state index in [0.29, 0.717) is 11.8 Å². The normalized spacial score (nSPS) is 17.1. The maximum atomic E-state index is 9.55. The zero-order valence-electron chi connectivity index (χ0n) is 17.4. The third-order valence-corrected chi connectivity index (χ3v) is 6.42. The molecule has 30 heavy (non-hydrogen) atoms. The maximum Gasteiger partial charge on any atom is 0.140 e. The first-order chi connectivity index (χ1) is 14.7. The van der Waals surface area contributed by atoms with Crippen LogP contribution in [0.5, 0.6) is 5.75 Å². The van der Waals surface area contributed by atoms with Crippen LogP contribution in [0.4, 0.5) is 0 Å². The lowest BCUT2D eigenvalue weighted by Gasteiger charge is -2.35. The van der Waals surface area contributed by atoms with Crippen LogP contribution < -0.4 is 4.90 Å². The smallest absolute Gasteiger partial charge is 0.140 e. The summed E-state index contributed by atoms with van der Waals surface area (Å²) in [5, 5.41) is 16.7. The summed E-state index contributed by atoms with van der Waals surface area (Å²) in [5.74, 6) is 0.295. The van der Waals surface area contributed by atoms with E-state index in [2.05, 4.69) is 60.5 Å². The lowest BCUT2D eigenvalue weighted by molar-refractivity contribution is -0.929. The second kappa shape index (κ2) is 7.96. The van der Waals surface area contributed by atoms with E-state index in [9.17, 15) is 5.11 Å². The van der Waals surface area contributed by atoms with Crippen LogP contribution in [0.3, 0.4) is 0 Å². The highest BCUT2D eigenvalue weighted by Gasteiger charge is 2.37. The number of hydrazone groups is 1. The topological polar surface area (TPSA) is 40.3 Å². The molecule has 5 rings (SSSR count). The first-order valence-electron chi connectivity index (χ1n) is 10.9. The molecule has 4 heteroatoms. The molecule has 0 radical (unpaired) electrons. The van der Waals surface area contributed by atoms with Crippen molar-refractivity contribution in [2.75, 3.05) is 26.2 Å². The zero-order chi connectivity index (χ0) is 20.5. The van der Waals surface area contributed by atoms with Crippen molar-refractivity contribution in [1.29, 1.82) is 0 Å². The Morgan fingerprint density at radius 1 is 0.900 bits per heavy atom. The van der Waals surface area contributed by atoms with Gasteiger partial charge in [0, 0.05) is 11.1 Å². The largest absolute Gasteiger partial charge is 0.508 e. The highest BCUT2D eigenvalue weighted by atomic mass is 16.3. The van der Waals surface area contributed by atoms with Gasteiger partial charge in [0.15, 0.2) is 0 Å². The molecule has 4 nitrogen and oxygen atoms in total. The molecule has 1 saturated heterocycles. The highest BCUT2D eigenvalue weighted by molar-refractivity contribution is 6.00. The lowest BCUT2D eigenvalue weighted by atomic mass is 10.0. The third-order valence-electron chi connectivity index (χ3n) is 6.42. The molecule has 2 aliphatic rings. The van der Waals surface area contributed by atoms with E-state index in [1.807, 2.05) is 12.1 Å². The summed E-state index contributed by atoms with van der Waals surface area (Å²) in [6.07, 6.45) is 0.876. The van der Waals surface area contributed by atoms with Gasteiger partial charge in [-0.2, -0.15) is 5.10 Å². The van der Waals surface area contributed by atoms with Crippen molar-refractivity contribution >= 4 is 5.71 Å². The van der Waals surface area contributed by atoms with E-state index in [-0.39, 0.29) is 0 Å². The van der Waals surface area contributed by atoms with Gasteiger partial charge >= 0.3 is 0 Å². The molecule has 0 saturated carbocycles. The Balaban J connectivity index is 1.34. The number of aromatic hydroxyl groups is 1. The molecule has 1 aliphatic heterocycles. The molecule has 0 aromatic heterocycles. The Bertz CT molecular complexity index is 1020. The van der Waals surface area contributed by atoms with Gasteiger partial charge in [0.05, 0.1) is 31.9 Å². The number of quaternary nitrogens is 1. The number of hydrogen-bond donors (Lipinski definition) is 2. The summed E-state index contributed by atoms with van der Waals surface area (Å²) in [6.45, 7) is 6.20. The summed E-state index contributed by atoms with van der Waals surface area (Å²) in [4.78, 5) is 1.63. The average Bonchev–Trinajstić information content (AvgIpc) is 3.13. The minimum Gasteiger partial charge on any atom is -0.508 e. The number of phenolic OH excluding ortho intramolecular Hbond substituents is 1. The van der Waals surface area contributed by atoms with Gasteiger partial charge in [0.25, 0.3) is 0 Å². The minimum absolute atomic E-state index is 0.295. The summed E-state index contributed by atoms with van der Waals surface area (Å²) in [6, 6.07) is 25.6. The molecule has 1 heterocycles. The van der Waals surface area contributed by atoms with Crippen LogP contribution in [-0.2, 0) is 0 Å². The Kier molecular flexibility index (Phi) is 5.01. The van der Waals surface area contributed by atoms with E-state index < -0.39 is 0 Å². The quantitative estimate of drug-likeness (QED) is 0.661. The van der Waals surface area contributed by atoms with Crippen molar-refractivity contribution in [1.82, 2.24) is 5.01 Å². The first-order valence-corrected chi connectivity index (χ1v) is 10.9. The number of benzene rings is 3. The second-order valence-electron chi connectivity index (χ2n) is 8.17. The molecule has 0 unspecified atom stereocenters. The number of nitrogens with zero attached hydrogens (tertiary/aromatic N) is 2. The van der Waals surface area contributed by atoms with Gasteiger partial charge in [0.2, 0.25) is 0 Å². The zero-order valence-corrected chi connectivity index (χ0v) is 17.4. The summed E-state index contributed by atoms with van der Waals surface area (Å²) in [5.41, 5.74) is 7.88. The average molecular weight is 399 g/mol. The standard InChI is InChI=1S/C26H27N3O/c1-2-25(19-11-13-20(30)14-12-19)27-29-17-15-28(16-18-29)26-23-9-5-3-7-21(23)22-8-4-6-10-24(22)26/h3-14,26,30H,2,15-18H2,1H3/p+1/b27-25+. The van der Waals surface area contributed by atoms with Crippen LogP contribution in [0, 0.1) is 0 Å². The van der Waals surface area contributed by atoms with Crippen LogP contribution in [0.1, 0.15) is 36.1 Å². The molecule has 0 atom stereocenters. The van der Waals surface area contributed by atoms with Crippen molar-refractivity contribution in [3.63, 3.8) is 0 Å². The van der Waals surface area contributed by atoms with Crippen LogP contribution in [-0.4, -0.2) is 42.0 Å². The fraction of sp³-hybridized carbons (Fsp3) is 0.269. The van der Waals surface area contributed by atoms with Crippen LogP contribution in [0.25, 0.3) is 11.1 Å². The van der Waals surface area contributed by atoms with Crippen molar-refractivity contribution < 1.29 is 10.0 Å². The Hall–Kier alpha value is -3.11. The lowest BCUT2D eigenvalue weighted by Crippen LogP contribution is -3.14. The number of rotatable bonds is 4. The number of hydrogen-bond acceptors (Lipinski definition) is 3. The van der Waals surface area contributed by atoms with Crippen molar-refractivity contribution in [2.45, 2.75) is 19.4 Å². The van der Waals surface area contributed by atoms with Gasteiger partial charge in [-0.1, -0.05) is 55.5 Å².